The van der Waals surface area contributed by atoms with Gasteiger partial charge < -0.3 is 14.5 Å². The van der Waals surface area contributed by atoms with Gasteiger partial charge >= 0.3 is 0 Å². The Morgan fingerprint density at radius 2 is 1.97 bits per heavy atom. The second-order valence-corrected chi connectivity index (χ2v) is 7.46. The first-order chi connectivity index (χ1) is 14.1. The summed E-state index contributed by atoms with van der Waals surface area (Å²) in [5.41, 5.74) is 1.22. The Morgan fingerprint density at radius 1 is 1.17 bits per heavy atom. The topological polar surface area (TPSA) is 82.0 Å². The predicted molar refractivity (Wildman–Crippen MR) is 114 cm³/mol. The molecule has 0 bridgehead atoms. The molecule has 9 heteroatoms. The van der Waals surface area contributed by atoms with Gasteiger partial charge in [-0.2, -0.15) is 0 Å². The Kier molecular flexibility index (Phi) is 5.46. The van der Waals surface area contributed by atoms with E-state index < -0.39 is 0 Å². The highest BCUT2D eigenvalue weighted by Gasteiger charge is 2.12. The number of nitrogens with one attached hydrogen (secondary N) is 1. The number of thioether (sulfide) groups is 1. The van der Waals surface area contributed by atoms with E-state index in [4.69, 9.17) is 21.1 Å². The summed E-state index contributed by atoms with van der Waals surface area (Å²) < 4.78 is 12.5. The molecule has 0 amide bonds. The van der Waals surface area contributed by atoms with E-state index in [9.17, 15) is 4.79 Å². The zero-order chi connectivity index (χ0) is 20.4. The van der Waals surface area contributed by atoms with E-state index in [0.717, 1.165) is 10.8 Å². The van der Waals surface area contributed by atoms with Crippen molar-refractivity contribution in [1.82, 2.24) is 19.5 Å². The highest BCUT2D eigenvalue weighted by molar-refractivity contribution is 7.98. The van der Waals surface area contributed by atoms with E-state index in [0.29, 0.717) is 39.0 Å². The normalized spacial score (nSPS) is 11.0. The van der Waals surface area contributed by atoms with Gasteiger partial charge in [0.15, 0.2) is 16.7 Å². The molecule has 0 unspecified atom stereocenters. The van der Waals surface area contributed by atoms with Crippen LogP contribution in [-0.4, -0.2) is 33.7 Å². The number of fused-ring (bicyclic) bond motifs is 1. The van der Waals surface area contributed by atoms with Crippen molar-refractivity contribution < 1.29 is 9.47 Å². The Bertz CT molecular complexity index is 1240. The number of halogens is 1. The molecule has 0 aliphatic rings. The van der Waals surface area contributed by atoms with Gasteiger partial charge in [0.05, 0.1) is 30.9 Å². The lowest BCUT2D eigenvalue weighted by Crippen LogP contribution is -2.12. The predicted octanol–water partition coefficient (Wildman–Crippen LogP) is 4.07. The minimum Gasteiger partial charge on any atom is -0.493 e. The molecule has 0 saturated carbocycles. The summed E-state index contributed by atoms with van der Waals surface area (Å²) in [5.74, 6) is 1.99. The number of H-pyrrole nitrogens is 1. The molecule has 148 valence electrons. The molecule has 29 heavy (non-hydrogen) atoms. The third kappa shape index (κ3) is 3.94. The van der Waals surface area contributed by atoms with Crippen molar-refractivity contribution in [1.29, 1.82) is 0 Å². The van der Waals surface area contributed by atoms with Crippen LogP contribution in [0.3, 0.4) is 0 Å². The molecular formula is C20H17ClN4O3S. The van der Waals surface area contributed by atoms with Crippen LogP contribution in [0.2, 0.25) is 5.02 Å². The molecule has 0 fully saturated rings. The molecule has 0 aliphatic heterocycles. The van der Waals surface area contributed by atoms with Crippen molar-refractivity contribution in [2.24, 2.45) is 0 Å². The van der Waals surface area contributed by atoms with Gasteiger partial charge in [0.2, 0.25) is 0 Å². The van der Waals surface area contributed by atoms with Crippen LogP contribution in [0.15, 0.2) is 58.7 Å². The van der Waals surface area contributed by atoms with Crippen LogP contribution in [0.1, 0.15) is 5.82 Å². The van der Waals surface area contributed by atoms with Gasteiger partial charge in [-0.1, -0.05) is 29.4 Å². The van der Waals surface area contributed by atoms with Crippen LogP contribution in [0.5, 0.6) is 11.5 Å². The number of ether oxygens (including phenoxy) is 2. The fraction of sp³-hybridized carbons (Fsp3) is 0.150. The summed E-state index contributed by atoms with van der Waals surface area (Å²) in [6.07, 6.45) is 3.58. The van der Waals surface area contributed by atoms with Gasteiger partial charge in [0.25, 0.3) is 5.56 Å². The lowest BCUT2D eigenvalue weighted by molar-refractivity contribution is 0.355. The average Bonchev–Trinajstić information content (AvgIpc) is 3.20. The first kappa shape index (κ1) is 19.4. The van der Waals surface area contributed by atoms with E-state index in [1.807, 2.05) is 35.0 Å². The molecular weight excluding hydrogens is 412 g/mol. The molecule has 2 heterocycles. The Morgan fingerprint density at radius 3 is 2.72 bits per heavy atom. The molecule has 7 nitrogen and oxygen atoms in total. The second kappa shape index (κ2) is 8.18. The van der Waals surface area contributed by atoms with Gasteiger partial charge in [0, 0.05) is 29.2 Å². The molecule has 2 aromatic heterocycles. The number of nitrogens with zero attached hydrogens (tertiary/aromatic N) is 3. The second-order valence-electron chi connectivity index (χ2n) is 6.09. The summed E-state index contributed by atoms with van der Waals surface area (Å²) >= 11 is 7.56. The van der Waals surface area contributed by atoms with Crippen LogP contribution in [0.4, 0.5) is 0 Å². The molecule has 0 atom stereocenters. The standard InChI is InChI=1S/C20H17ClN4O3S/c1-27-16-9-14-15(10-17(16)28-2)23-18(24-19(14)26)11-29-20-22-6-7-25(20)13-5-3-4-12(21)8-13/h3-10H,11H2,1-2H3,(H,23,24,26). The quantitative estimate of drug-likeness (QED) is 0.466. The largest absolute Gasteiger partial charge is 0.493 e. The number of aromatic nitrogens is 4. The van der Waals surface area contributed by atoms with Gasteiger partial charge in [-0.25, -0.2) is 9.97 Å². The molecule has 0 radical (unpaired) electrons. The zero-order valence-electron chi connectivity index (χ0n) is 15.7. The zero-order valence-corrected chi connectivity index (χ0v) is 17.3. The maximum absolute atomic E-state index is 12.5. The third-order valence-corrected chi connectivity index (χ3v) is 5.50. The van der Waals surface area contributed by atoms with E-state index in [-0.39, 0.29) is 5.56 Å². The van der Waals surface area contributed by atoms with Crippen LogP contribution in [-0.2, 0) is 5.75 Å². The van der Waals surface area contributed by atoms with E-state index in [1.165, 1.54) is 18.9 Å². The van der Waals surface area contributed by atoms with Crippen molar-refractivity contribution in [3.05, 3.63) is 70.0 Å². The minimum absolute atomic E-state index is 0.232. The van der Waals surface area contributed by atoms with Crippen LogP contribution >= 0.6 is 23.4 Å². The molecule has 0 spiro atoms. The van der Waals surface area contributed by atoms with Crippen molar-refractivity contribution in [3.63, 3.8) is 0 Å². The number of methoxy groups -OCH3 is 2. The fourth-order valence-electron chi connectivity index (χ4n) is 2.93. The first-order valence-electron chi connectivity index (χ1n) is 8.66. The van der Waals surface area contributed by atoms with Gasteiger partial charge in [0.1, 0.15) is 5.82 Å². The van der Waals surface area contributed by atoms with Crippen LogP contribution in [0.25, 0.3) is 16.6 Å². The smallest absolute Gasteiger partial charge is 0.258 e. The van der Waals surface area contributed by atoms with E-state index >= 15 is 0 Å². The molecule has 1 N–H and O–H groups in total. The number of imidazole rings is 1. The number of aromatic amines is 1. The maximum atomic E-state index is 12.5. The van der Waals surface area contributed by atoms with Crippen LogP contribution in [0, 0.1) is 0 Å². The lowest BCUT2D eigenvalue weighted by Gasteiger charge is -2.10. The molecule has 4 aromatic rings. The summed E-state index contributed by atoms with van der Waals surface area (Å²) in [6, 6.07) is 10.8. The SMILES string of the molecule is COc1cc2nc(CSc3nccn3-c3cccc(Cl)c3)[nH]c(=O)c2cc1OC. The maximum Gasteiger partial charge on any atom is 0.258 e. The summed E-state index contributed by atoms with van der Waals surface area (Å²) in [7, 11) is 3.07. The fourth-order valence-corrected chi connectivity index (χ4v) is 3.96. The van der Waals surface area contributed by atoms with E-state index in [2.05, 4.69) is 15.0 Å². The van der Waals surface area contributed by atoms with Crippen LogP contribution < -0.4 is 15.0 Å². The number of hydrogen-bond acceptors (Lipinski definition) is 6. The average molecular weight is 429 g/mol. The van der Waals surface area contributed by atoms with Crippen molar-refractivity contribution in [2.45, 2.75) is 10.9 Å². The van der Waals surface area contributed by atoms with E-state index in [1.54, 1.807) is 25.4 Å². The number of benzene rings is 2. The Hall–Kier alpha value is -2.97. The van der Waals surface area contributed by atoms with Gasteiger partial charge in [-0.05, 0) is 24.3 Å². The van der Waals surface area contributed by atoms with Gasteiger partial charge in [-0.15, -0.1) is 0 Å². The molecule has 0 aliphatic carbocycles. The monoisotopic (exact) mass is 428 g/mol. The van der Waals surface area contributed by atoms with Gasteiger partial charge in [-0.3, -0.25) is 9.36 Å². The Balaban J connectivity index is 1.63. The summed E-state index contributed by atoms with van der Waals surface area (Å²) in [6.45, 7) is 0. The minimum atomic E-state index is -0.232. The number of rotatable bonds is 6. The van der Waals surface area contributed by atoms with Crippen molar-refractivity contribution >= 4 is 34.3 Å². The third-order valence-electron chi connectivity index (χ3n) is 4.29. The molecule has 4 rings (SSSR count). The molecule has 0 saturated heterocycles. The summed E-state index contributed by atoms with van der Waals surface area (Å²) in [5, 5.41) is 1.86. The highest BCUT2D eigenvalue weighted by atomic mass is 35.5. The van der Waals surface area contributed by atoms with Crippen molar-refractivity contribution in [2.75, 3.05) is 14.2 Å². The number of hydrogen-bond donors (Lipinski definition) is 1. The summed E-state index contributed by atoms with van der Waals surface area (Å²) in [4.78, 5) is 24.3. The van der Waals surface area contributed by atoms with Crippen molar-refractivity contribution in [3.8, 4) is 17.2 Å². The lowest BCUT2D eigenvalue weighted by atomic mass is 10.2. The highest BCUT2D eigenvalue weighted by Crippen LogP contribution is 2.30. The molecule has 2 aromatic carbocycles. The first-order valence-corrected chi connectivity index (χ1v) is 10.0. The Labute approximate surface area is 175 Å².